The molecule has 1 aromatic heterocycles. The van der Waals surface area contributed by atoms with Crippen molar-refractivity contribution in [3.05, 3.63) is 76.0 Å². The van der Waals surface area contributed by atoms with E-state index in [0.29, 0.717) is 5.56 Å². The first-order chi connectivity index (χ1) is 18.1. The number of carbonyl (C=O) groups is 2. The third kappa shape index (κ3) is 6.70. The van der Waals surface area contributed by atoms with Crippen molar-refractivity contribution in [3.63, 3.8) is 0 Å². The summed E-state index contributed by atoms with van der Waals surface area (Å²) in [4.78, 5) is 37.5. The van der Waals surface area contributed by atoms with Gasteiger partial charge in [-0.15, -0.1) is 10.1 Å². The average Bonchev–Trinajstić information content (AvgIpc) is 3.29. The molecule has 39 heavy (non-hydrogen) atoms. The highest BCUT2D eigenvalue weighted by atomic mass is 32.2. The van der Waals surface area contributed by atoms with Crippen molar-refractivity contribution in [2.75, 3.05) is 6.61 Å². The van der Waals surface area contributed by atoms with E-state index < -0.39 is 56.6 Å². The van der Waals surface area contributed by atoms with Gasteiger partial charge >= 0.3 is 12.1 Å². The molecular formula is C23H22F3N4O8S+. The number of hydrogen-bond acceptors (Lipinski definition) is 8. The van der Waals surface area contributed by atoms with Crippen LogP contribution in [-0.2, 0) is 35.4 Å². The van der Waals surface area contributed by atoms with Crippen LogP contribution in [-0.4, -0.2) is 47.6 Å². The van der Waals surface area contributed by atoms with Crippen molar-refractivity contribution in [1.29, 1.82) is 0 Å². The van der Waals surface area contributed by atoms with Crippen LogP contribution < -0.4 is 4.68 Å². The number of hydrogen-bond donors (Lipinski definition) is 1. The third-order valence-electron chi connectivity index (χ3n) is 5.29. The fraction of sp³-hybridized carbons (Fsp3) is 0.261. The van der Waals surface area contributed by atoms with Gasteiger partial charge in [-0.2, -0.15) is 22.6 Å². The van der Waals surface area contributed by atoms with Crippen molar-refractivity contribution in [2.45, 2.75) is 38.1 Å². The second-order valence-electron chi connectivity index (χ2n) is 8.15. The number of rotatable bonds is 9. The molecule has 3 aromatic rings. The van der Waals surface area contributed by atoms with E-state index in [1.807, 2.05) is 6.92 Å². The Hall–Kier alpha value is -4.47. The molecule has 16 heteroatoms. The van der Waals surface area contributed by atoms with Crippen LogP contribution in [0.2, 0.25) is 0 Å². The molecular weight excluding hydrogens is 549 g/mol. The summed E-state index contributed by atoms with van der Waals surface area (Å²) in [6.07, 6.45) is -6.39. The quantitative estimate of drug-likeness (QED) is 0.135. The Morgan fingerprint density at radius 2 is 1.72 bits per heavy atom. The Bertz CT molecular complexity index is 1490. The van der Waals surface area contributed by atoms with Gasteiger partial charge < -0.3 is 9.57 Å². The molecule has 0 aliphatic heterocycles. The minimum Gasteiger partial charge on any atom is -0.439 e. The summed E-state index contributed by atoms with van der Waals surface area (Å²) >= 11 is 0. The minimum atomic E-state index is -4.69. The minimum absolute atomic E-state index is 0.144. The van der Waals surface area contributed by atoms with Crippen LogP contribution in [0.5, 0.6) is 0 Å². The van der Waals surface area contributed by atoms with Crippen molar-refractivity contribution in [3.8, 4) is 16.9 Å². The number of halogens is 3. The van der Waals surface area contributed by atoms with Crippen molar-refractivity contribution >= 4 is 21.9 Å². The lowest BCUT2D eigenvalue weighted by atomic mass is 10.1. The van der Waals surface area contributed by atoms with Crippen LogP contribution in [0.4, 0.5) is 13.2 Å². The molecule has 0 radical (unpaired) electrons. The Morgan fingerprint density at radius 1 is 1.13 bits per heavy atom. The fourth-order valence-corrected chi connectivity index (χ4v) is 5.06. The van der Waals surface area contributed by atoms with E-state index in [1.54, 1.807) is 24.3 Å². The number of H-pyrrole nitrogens is 1. The number of aryl methyl sites for hydroxylation is 1. The van der Waals surface area contributed by atoms with E-state index >= 15 is 0 Å². The standard InChI is InChI=1S/C23H21F3N4O8S/c1-14-4-6-17(7-5-14)20-12-21(23(24,25)26)27-28(20)18-8-10-19(11-9-18)39(35,36)29(15(2)31)16(3)38-22(32)13-37-30(33)34/h4-12,16H,13H2,1-3H3/p+1. The zero-order valence-corrected chi connectivity index (χ0v) is 21.4. The number of ether oxygens (including phenoxy) is 1. The summed E-state index contributed by atoms with van der Waals surface area (Å²) in [5, 5.41) is 11.2. The number of aromatic amines is 1. The lowest BCUT2D eigenvalue weighted by molar-refractivity contribution is -0.754. The van der Waals surface area contributed by atoms with Gasteiger partial charge in [0.15, 0.2) is 18.5 Å². The summed E-state index contributed by atoms with van der Waals surface area (Å²) in [6, 6.07) is 12.2. The molecule has 1 N–H and O–H groups in total. The number of aromatic nitrogens is 2. The highest BCUT2D eigenvalue weighted by Gasteiger charge is 2.38. The monoisotopic (exact) mass is 571 g/mol. The number of carbonyl (C=O) groups excluding carboxylic acids is 2. The predicted molar refractivity (Wildman–Crippen MR) is 126 cm³/mol. The van der Waals surface area contributed by atoms with Gasteiger partial charge in [0.25, 0.3) is 15.1 Å². The Kier molecular flexibility index (Phi) is 8.28. The van der Waals surface area contributed by atoms with E-state index in [-0.39, 0.29) is 15.7 Å². The summed E-state index contributed by atoms with van der Waals surface area (Å²) in [5.74, 6) is -2.34. The highest BCUT2D eigenvalue weighted by Crippen LogP contribution is 2.30. The average molecular weight is 572 g/mol. The summed E-state index contributed by atoms with van der Waals surface area (Å²) in [6.45, 7) is 2.64. The van der Waals surface area contributed by atoms with Gasteiger partial charge in [0, 0.05) is 30.7 Å². The Balaban J connectivity index is 1.96. The molecule has 12 nitrogen and oxygen atoms in total. The first kappa shape index (κ1) is 29.1. The van der Waals surface area contributed by atoms with Crippen LogP contribution in [0.15, 0.2) is 59.5 Å². The van der Waals surface area contributed by atoms with Crippen LogP contribution in [0.1, 0.15) is 25.1 Å². The summed E-state index contributed by atoms with van der Waals surface area (Å²) < 4.78 is 72.9. The largest absolute Gasteiger partial charge is 0.439 e. The molecule has 2 aromatic carbocycles. The number of amides is 1. The first-order valence-corrected chi connectivity index (χ1v) is 12.5. The zero-order valence-electron chi connectivity index (χ0n) is 20.6. The van der Waals surface area contributed by atoms with Crippen molar-refractivity contribution < 1.29 is 50.5 Å². The summed E-state index contributed by atoms with van der Waals surface area (Å²) in [5.41, 5.74) is 0.621. The van der Waals surface area contributed by atoms with Crippen molar-refractivity contribution in [1.82, 2.24) is 9.40 Å². The number of alkyl halides is 3. The maximum Gasteiger partial charge on any atom is 0.436 e. The molecule has 1 atom stereocenters. The van der Waals surface area contributed by atoms with Gasteiger partial charge in [0.2, 0.25) is 17.3 Å². The second kappa shape index (κ2) is 11.1. The number of nitrogens with zero attached hydrogens (tertiary/aromatic N) is 3. The lowest BCUT2D eigenvalue weighted by Gasteiger charge is -2.26. The SMILES string of the molecule is CC(=O)N(C(C)OC(=O)CO[N+](=O)[O-])S(=O)(=O)c1ccc(-[n+]2[nH]c(C(F)(F)F)cc2-c2ccc(C)cc2)cc1. The number of sulfonamides is 1. The Morgan fingerprint density at radius 3 is 2.23 bits per heavy atom. The van der Waals surface area contributed by atoms with E-state index in [0.717, 1.165) is 42.3 Å². The second-order valence-corrected chi connectivity index (χ2v) is 9.97. The third-order valence-corrected chi connectivity index (χ3v) is 7.23. The number of benzene rings is 2. The highest BCUT2D eigenvalue weighted by molar-refractivity contribution is 7.89. The van der Waals surface area contributed by atoms with E-state index in [1.165, 1.54) is 12.1 Å². The topological polar surface area (TPSA) is 153 Å². The van der Waals surface area contributed by atoms with Gasteiger partial charge in [-0.25, -0.2) is 13.2 Å². The Labute approximate surface area is 219 Å². The molecule has 0 saturated carbocycles. The van der Waals surface area contributed by atoms with Crippen LogP contribution in [0.25, 0.3) is 16.9 Å². The maximum atomic E-state index is 13.5. The molecule has 3 rings (SSSR count). The van der Waals surface area contributed by atoms with Gasteiger partial charge in [-0.3, -0.25) is 4.79 Å². The van der Waals surface area contributed by atoms with E-state index in [9.17, 15) is 41.3 Å². The molecule has 0 spiro atoms. The molecule has 0 aliphatic rings. The smallest absolute Gasteiger partial charge is 0.436 e. The lowest BCUT2D eigenvalue weighted by Crippen LogP contribution is -2.44. The van der Waals surface area contributed by atoms with Crippen LogP contribution in [0, 0.1) is 17.0 Å². The molecule has 0 bridgehead atoms. The number of nitrogens with one attached hydrogen (secondary N) is 1. The van der Waals surface area contributed by atoms with Crippen LogP contribution >= 0.6 is 0 Å². The molecule has 1 heterocycles. The molecule has 1 amide bonds. The van der Waals surface area contributed by atoms with Crippen molar-refractivity contribution in [2.24, 2.45) is 0 Å². The maximum absolute atomic E-state index is 13.5. The van der Waals surface area contributed by atoms with Crippen LogP contribution in [0.3, 0.4) is 0 Å². The van der Waals surface area contributed by atoms with Gasteiger partial charge in [0.1, 0.15) is 0 Å². The molecule has 1 unspecified atom stereocenters. The number of esters is 1. The van der Waals surface area contributed by atoms with Gasteiger partial charge in [-0.05, 0) is 38.1 Å². The van der Waals surface area contributed by atoms with E-state index in [2.05, 4.69) is 9.94 Å². The molecule has 0 aliphatic carbocycles. The predicted octanol–water partition coefficient (Wildman–Crippen LogP) is 2.92. The summed E-state index contributed by atoms with van der Waals surface area (Å²) in [7, 11) is -4.63. The zero-order chi connectivity index (χ0) is 29.1. The molecule has 0 fully saturated rings. The molecule has 0 saturated heterocycles. The fourth-order valence-electron chi connectivity index (χ4n) is 3.58. The molecule has 208 valence electrons. The first-order valence-electron chi connectivity index (χ1n) is 11.0. The van der Waals surface area contributed by atoms with E-state index in [4.69, 9.17) is 4.74 Å². The normalized spacial score (nSPS) is 12.5. The van der Waals surface area contributed by atoms with Gasteiger partial charge in [-0.1, -0.05) is 22.4 Å². The van der Waals surface area contributed by atoms with Gasteiger partial charge in [0.05, 0.1) is 4.90 Å².